The minimum absolute atomic E-state index is 0.141. The Kier molecular flexibility index (Phi) is 4.12. The molecule has 0 saturated heterocycles. The summed E-state index contributed by atoms with van der Waals surface area (Å²) in [7, 11) is 2.01. The van der Waals surface area contributed by atoms with Crippen LogP contribution in [0.4, 0.5) is 5.69 Å². The lowest BCUT2D eigenvalue weighted by Gasteiger charge is -2.60. The Labute approximate surface area is 168 Å². The molecule has 3 fully saturated rings. The van der Waals surface area contributed by atoms with Gasteiger partial charge in [0, 0.05) is 36.9 Å². The monoisotopic (exact) mass is 379 g/mol. The smallest absolute Gasteiger partial charge is 0.246 e. The summed E-state index contributed by atoms with van der Waals surface area (Å²) < 4.78 is 0. The third kappa shape index (κ3) is 2.49. The Morgan fingerprint density at radius 1 is 1.14 bits per heavy atom. The SMILES string of the molecule is CN1C(=O)C=C[C@]2(C)[C@H]3CC[C@]4(C)[C@@H](Nc5cccnc5)CC[C@H]4[C@@H]3CC[C@@H]12. The lowest BCUT2D eigenvalue weighted by atomic mass is 9.48. The molecule has 3 saturated carbocycles. The number of likely N-dealkylation sites (N-methyl/N-ethyl adjacent to an activating group) is 1. The molecule has 4 aliphatic rings. The van der Waals surface area contributed by atoms with Crippen LogP contribution in [0.5, 0.6) is 0 Å². The van der Waals surface area contributed by atoms with Gasteiger partial charge in [-0.05, 0) is 79.9 Å². The molecule has 1 N–H and O–H groups in total. The molecule has 150 valence electrons. The van der Waals surface area contributed by atoms with Gasteiger partial charge in [-0.2, -0.15) is 0 Å². The predicted octanol–water partition coefficient (Wildman–Crippen LogP) is 4.50. The zero-order chi connectivity index (χ0) is 19.5. The van der Waals surface area contributed by atoms with Crippen LogP contribution in [-0.4, -0.2) is 34.9 Å². The van der Waals surface area contributed by atoms with Gasteiger partial charge >= 0.3 is 0 Å². The Morgan fingerprint density at radius 2 is 2.00 bits per heavy atom. The molecule has 1 amide bonds. The second-order valence-electron chi connectivity index (χ2n) is 10.2. The van der Waals surface area contributed by atoms with E-state index in [4.69, 9.17) is 0 Å². The number of amides is 1. The molecule has 1 aliphatic heterocycles. The molecule has 28 heavy (non-hydrogen) atoms. The van der Waals surface area contributed by atoms with E-state index in [1.165, 1.54) is 32.1 Å². The third-order valence-electron chi connectivity index (χ3n) is 9.13. The van der Waals surface area contributed by atoms with Crippen LogP contribution in [-0.2, 0) is 4.79 Å². The molecule has 7 atom stereocenters. The number of hydrogen-bond acceptors (Lipinski definition) is 3. The van der Waals surface area contributed by atoms with E-state index in [1.807, 2.05) is 36.5 Å². The summed E-state index contributed by atoms with van der Waals surface area (Å²) in [6.45, 7) is 4.96. The summed E-state index contributed by atoms with van der Waals surface area (Å²) in [6.07, 6.45) is 15.5. The van der Waals surface area contributed by atoms with E-state index in [1.54, 1.807) is 0 Å². The Balaban J connectivity index is 1.41. The van der Waals surface area contributed by atoms with E-state index < -0.39 is 0 Å². The molecule has 0 radical (unpaired) electrons. The number of anilines is 1. The van der Waals surface area contributed by atoms with Gasteiger partial charge in [-0.25, -0.2) is 0 Å². The van der Waals surface area contributed by atoms with Crippen LogP contribution in [0.2, 0.25) is 0 Å². The number of fused-ring (bicyclic) bond motifs is 5. The fraction of sp³-hybridized carbons (Fsp3) is 0.667. The molecule has 4 heteroatoms. The van der Waals surface area contributed by atoms with Crippen LogP contribution >= 0.6 is 0 Å². The van der Waals surface area contributed by atoms with Gasteiger partial charge in [0.15, 0.2) is 0 Å². The molecule has 5 rings (SSSR count). The number of nitrogens with zero attached hydrogens (tertiary/aromatic N) is 2. The van der Waals surface area contributed by atoms with Gasteiger partial charge < -0.3 is 10.2 Å². The van der Waals surface area contributed by atoms with E-state index in [-0.39, 0.29) is 11.3 Å². The fourth-order valence-corrected chi connectivity index (χ4v) is 7.62. The van der Waals surface area contributed by atoms with Gasteiger partial charge in [0.1, 0.15) is 0 Å². The minimum Gasteiger partial charge on any atom is -0.381 e. The van der Waals surface area contributed by atoms with Gasteiger partial charge in [0.05, 0.1) is 5.69 Å². The molecule has 0 bridgehead atoms. The van der Waals surface area contributed by atoms with Crippen molar-refractivity contribution in [2.45, 2.75) is 64.5 Å². The van der Waals surface area contributed by atoms with Gasteiger partial charge in [-0.1, -0.05) is 19.9 Å². The summed E-state index contributed by atoms with van der Waals surface area (Å²) in [5.74, 6) is 2.46. The first-order valence-electron chi connectivity index (χ1n) is 11.1. The maximum atomic E-state index is 12.2. The van der Waals surface area contributed by atoms with E-state index in [2.05, 4.69) is 36.3 Å². The van der Waals surface area contributed by atoms with Gasteiger partial charge in [0.25, 0.3) is 0 Å². The minimum atomic E-state index is 0.141. The Morgan fingerprint density at radius 3 is 2.79 bits per heavy atom. The normalized spacial score (nSPS) is 44.6. The van der Waals surface area contributed by atoms with E-state index in [9.17, 15) is 4.79 Å². The van der Waals surface area contributed by atoms with E-state index in [0.29, 0.717) is 23.4 Å². The van der Waals surface area contributed by atoms with Gasteiger partial charge in [0.2, 0.25) is 5.91 Å². The highest BCUT2D eigenvalue weighted by atomic mass is 16.2. The zero-order valence-corrected chi connectivity index (χ0v) is 17.4. The highest BCUT2D eigenvalue weighted by Crippen LogP contribution is 2.64. The maximum absolute atomic E-state index is 12.2. The summed E-state index contributed by atoms with van der Waals surface area (Å²) in [5, 5.41) is 3.83. The van der Waals surface area contributed by atoms with Crippen molar-refractivity contribution < 1.29 is 4.79 Å². The lowest BCUT2D eigenvalue weighted by molar-refractivity contribution is -0.138. The molecule has 4 nitrogen and oxygen atoms in total. The first kappa shape index (κ1) is 18.2. The van der Waals surface area contributed by atoms with Crippen LogP contribution in [0.1, 0.15) is 52.4 Å². The van der Waals surface area contributed by atoms with Crippen molar-refractivity contribution in [3.8, 4) is 0 Å². The summed E-state index contributed by atoms with van der Waals surface area (Å²) in [6, 6.07) is 5.07. The molecule has 2 heterocycles. The number of hydrogen-bond donors (Lipinski definition) is 1. The largest absolute Gasteiger partial charge is 0.381 e. The van der Waals surface area contributed by atoms with Gasteiger partial charge in [-0.15, -0.1) is 0 Å². The molecule has 1 aromatic rings. The average molecular weight is 380 g/mol. The lowest BCUT2D eigenvalue weighted by Crippen LogP contribution is -2.60. The van der Waals surface area contributed by atoms with Crippen molar-refractivity contribution in [2.24, 2.45) is 28.6 Å². The van der Waals surface area contributed by atoms with Crippen molar-refractivity contribution >= 4 is 11.6 Å². The zero-order valence-electron chi connectivity index (χ0n) is 17.4. The second-order valence-corrected chi connectivity index (χ2v) is 10.2. The first-order chi connectivity index (χ1) is 13.4. The molecule has 0 aromatic carbocycles. The summed E-state index contributed by atoms with van der Waals surface area (Å²) in [5.41, 5.74) is 1.66. The Hall–Kier alpha value is -1.84. The molecule has 1 aromatic heterocycles. The van der Waals surface area contributed by atoms with Crippen LogP contribution in [0.15, 0.2) is 36.7 Å². The molecular formula is C24H33N3O. The predicted molar refractivity (Wildman–Crippen MR) is 112 cm³/mol. The number of aromatic nitrogens is 1. The topological polar surface area (TPSA) is 45.2 Å². The quantitative estimate of drug-likeness (QED) is 0.823. The highest BCUT2D eigenvalue weighted by Gasteiger charge is 2.60. The van der Waals surface area contributed by atoms with Crippen molar-refractivity contribution in [3.63, 3.8) is 0 Å². The number of nitrogens with one attached hydrogen (secondary N) is 1. The van der Waals surface area contributed by atoms with Crippen LogP contribution < -0.4 is 5.32 Å². The summed E-state index contributed by atoms with van der Waals surface area (Å²) >= 11 is 0. The van der Waals surface area contributed by atoms with E-state index >= 15 is 0 Å². The number of carbonyl (C=O) groups is 1. The van der Waals surface area contributed by atoms with Crippen LogP contribution in [0.3, 0.4) is 0 Å². The standard InChI is InChI=1S/C24H33N3O/c1-23-12-10-19-17(6-9-21-24(19,2)13-11-22(28)27(21)3)18(23)7-8-20(23)26-16-5-4-14-25-15-16/h4-5,11,13-15,17-21,26H,6-10,12H2,1-3H3/t17-,18-,19-,20-,21+,23-,24+/m0/s1. The van der Waals surface area contributed by atoms with Crippen molar-refractivity contribution in [3.05, 3.63) is 36.7 Å². The average Bonchev–Trinajstić information content (AvgIpc) is 3.02. The number of carbonyl (C=O) groups excluding carboxylic acids is 1. The maximum Gasteiger partial charge on any atom is 0.246 e. The molecule has 3 aliphatic carbocycles. The first-order valence-corrected chi connectivity index (χ1v) is 11.1. The molecule has 0 unspecified atom stereocenters. The van der Waals surface area contributed by atoms with E-state index in [0.717, 1.165) is 23.9 Å². The highest BCUT2D eigenvalue weighted by molar-refractivity contribution is 5.89. The molecular weight excluding hydrogens is 346 g/mol. The second kappa shape index (κ2) is 6.33. The number of rotatable bonds is 2. The van der Waals surface area contributed by atoms with Crippen molar-refractivity contribution in [2.75, 3.05) is 12.4 Å². The van der Waals surface area contributed by atoms with Crippen molar-refractivity contribution in [1.82, 2.24) is 9.88 Å². The van der Waals surface area contributed by atoms with Gasteiger partial charge in [-0.3, -0.25) is 9.78 Å². The fourth-order valence-electron chi connectivity index (χ4n) is 7.62. The summed E-state index contributed by atoms with van der Waals surface area (Å²) in [4.78, 5) is 18.5. The molecule has 0 spiro atoms. The third-order valence-corrected chi connectivity index (χ3v) is 9.13. The van der Waals surface area contributed by atoms with Crippen LogP contribution in [0, 0.1) is 28.6 Å². The van der Waals surface area contributed by atoms with Crippen LogP contribution in [0.25, 0.3) is 0 Å². The van der Waals surface area contributed by atoms with Crippen molar-refractivity contribution in [1.29, 1.82) is 0 Å². The Bertz CT molecular complexity index is 792. The number of pyridine rings is 1.